The maximum Gasteiger partial charge on any atom is 0.222 e. The van der Waals surface area contributed by atoms with E-state index in [-0.39, 0.29) is 0 Å². The molecular weight excluding hydrogens is 178 g/mol. The minimum atomic E-state index is 0.324. The van der Waals surface area contributed by atoms with Crippen molar-refractivity contribution in [2.24, 2.45) is 7.05 Å². The lowest BCUT2D eigenvalue weighted by Gasteiger charge is -2.01. The summed E-state index contributed by atoms with van der Waals surface area (Å²) in [4.78, 5) is 12.6. The van der Waals surface area contributed by atoms with Gasteiger partial charge in [-0.25, -0.2) is 9.97 Å². The lowest BCUT2D eigenvalue weighted by molar-refractivity contribution is 0.883. The summed E-state index contributed by atoms with van der Waals surface area (Å²) >= 11 is 0. The average Bonchev–Trinajstić information content (AvgIpc) is 2.49. The van der Waals surface area contributed by atoms with Crippen LogP contribution in [0, 0.1) is 0 Å². The van der Waals surface area contributed by atoms with E-state index >= 15 is 0 Å². The summed E-state index contributed by atoms with van der Waals surface area (Å²) in [6.45, 7) is 2.10. The molecule has 0 spiro atoms. The highest BCUT2D eigenvalue weighted by Crippen LogP contribution is 2.15. The molecule has 2 aromatic rings. The van der Waals surface area contributed by atoms with Crippen molar-refractivity contribution >= 4 is 17.1 Å². The first kappa shape index (κ1) is 8.93. The molecule has 74 valence electrons. The van der Waals surface area contributed by atoms with Crippen molar-refractivity contribution in [2.45, 2.75) is 19.8 Å². The van der Waals surface area contributed by atoms with Gasteiger partial charge in [0.2, 0.25) is 5.95 Å². The number of nitrogens with two attached hydrogens (primary N) is 1. The number of nitrogens with zero attached hydrogens (tertiary/aromatic N) is 4. The highest BCUT2D eigenvalue weighted by atomic mass is 15.1. The second-order valence-electron chi connectivity index (χ2n) is 3.31. The van der Waals surface area contributed by atoms with E-state index in [9.17, 15) is 0 Å². The van der Waals surface area contributed by atoms with E-state index in [1.54, 1.807) is 6.33 Å². The first-order chi connectivity index (χ1) is 6.72. The number of fused-ring (bicyclic) bond motifs is 1. The van der Waals surface area contributed by atoms with E-state index in [0.29, 0.717) is 5.95 Å². The van der Waals surface area contributed by atoms with Gasteiger partial charge in [0.05, 0.1) is 12.0 Å². The van der Waals surface area contributed by atoms with Crippen LogP contribution in [0.2, 0.25) is 0 Å². The van der Waals surface area contributed by atoms with Crippen molar-refractivity contribution in [3.8, 4) is 0 Å². The van der Waals surface area contributed by atoms with Gasteiger partial charge in [0.25, 0.3) is 0 Å². The molecule has 0 bridgehead atoms. The van der Waals surface area contributed by atoms with E-state index in [4.69, 9.17) is 5.73 Å². The van der Waals surface area contributed by atoms with Gasteiger partial charge < -0.3 is 10.3 Å². The maximum absolute atomic E-state index is 5.62. The van der Waals surface area contributed by atoms with Crippen molar-refractivity contribution in [3.05, 3.63) is 12.0 Å². The molecule has 0 aliphatic rings. The molecule has 2 aromatic heterocycles. The normalized spacial score (nSPS) is 11.0. The molecule has 0 saturated heterocycles. The first-order valence-electron chi connectivity index (χ1n) is 4.65. The van der Waals surface area contributed by atoms with Crippen molar-refractivity contribution in [2.75, 3.05) is 5.73 Å². The van der Waals surface area contributed by atoms with E-state index in [1.807, 2.05) is 11.6 Å². The fraction of sp³-hybridized carbons (Fsp3) is 0.444. The Morgan fingerprint density at radius 1 is 1.43 bits per heavy atom. The summed E-state index contributed by atoms with van der Waals surface area (Å²) in [5.41, 5.74) is 8.23. The lowest BCUT2D eigenvalue weighted by atomic mass is 10.2. The average molecular weight is 191 g/mol. The Bertz CT molecular complexity index is 459. The molecule has 0 aromatic carbocycles. The highest BCUT2D eigenvalue weighted by molar-refractivity contribution is 5.74. The third-order valence-corrected chi connectivity index (χ3v) is 2.14. The van der Waals surface area contributed by atoms with Crippen LogP contribution in [0.4, 0.5) is 5.95 Å². The number of hydrogen-bond acceptors (Lipinski definition) is 4. The summed E-state index contributed by atoms with van der Waals surface area (Å²) in [6, 6.07) is 0. The van der Waals surface area contributed by atoms with E-state index in [2.05, 4.69) is 21.9 Å². The Balaban J connectivity index is 2.68. The van der Waals surface area contributed by atoms with Crippen LogP contribution in [0.15, 0.2) is 6.33 Å². The number of aryl methyl sites for hydroxylation is 2. The second-order valence-corrected chi connectivity index (χ2v) is 3.31. The number of rotatable bonds is 2. The SMILES string of the molecule is CCCc1nc(N)nc2c1ncn2C. The maximum atomic E-state index is 5.62. The third kappa shape index (κ3) is 1.30. The molecule has 0 aliphatic carbocycles. The van der Waals surface area contributed by atoms with Gasteiger partial charge in [-0.2, -0.15) is 4.98 Å². The first-order valence-corrected chi connectivity index (χ1v) is 4.65. The number of anilines is 1. The largest absolute Gasteiger partial charge is 0.368 e. The molecule has 2 N–H and O–H groups in total. The van der Waals surface area contributed by atoms with Gasteiger partial charge in [0.1, 0.15) is 5.52 Å². The summed E-state index contributed by atoms with van der Waals surface area (Å²) in [5, 5.41) is 0. The third-order valence-electron chi connectivity index (χ3n) is 2.14. The van der Waals surface area contributed by atoms with Crippen LogP contribution in [-0.2, 0) is 13.5 Å². The lowest BCUT2D eigenvalue weighted by Crippen LogP contribution is -2.01. The van der Waals surface area contributed by atoms with Crippen LogP contribution in [0.3, 0.4) is 0 Å². The number of imidazole rings is 1. The molecular formula is C9H13N5. The second kappa shape index (κ2) is 3.25. The number of nitrogen functional groups attached to an aromatic ring is 1. The number of hydrogen-bond donors (Lipinski definition) is 1. The molecule has 2 heterocycles. The molecule has 0 amide bonds. The Labute approximate surface area is 82.0 Å². The van der Waals surface area contributed by atoms with Crippen LogP contribution in [0.25, 0.3) is 11.2 Å². The molecule has 0 aliphatic heterocycles. The Morgan fingerprint density at radius 3 is 2.93 bits per heavy atom. The molecule has 0 unspecified atom stereocenters. The molecule has 0 fully saturated rings. The Hall–Kier alpha value is -1.65. The van der Waals surface area contributed by atoms with Gasteiger partial charge in [-0.3, -0.25) is 0 Å². The van der Waals surface area contributed by atoms with Crippen molar-refractivity contribution in [3.63, 3.8) is 0 Å². The van der Waals surface area contributed by atoms with Crippen LogP contribution < -0.4 is 5.73 Å². The van der Waals surface area contributed by atoms with Crippen molar-refractivity contribution in [1.29, 1.82) is 0 Å². The summed E-state index contributed by atoms with van der Waals surface area (Å²) in [6.07, 6.45) is 3.65. The topological polar surface area (TPSA) is 69.6 Å². The van der Waals surface area contributed by atoms with E-state index in [0.717, 1.165) is 29.7 Å². The minimum absolute atomic E-state index is 0.324. The predicted molar refractivity (Wildman–Crippen MR) is 54.7 cm³/mol. The quantitative estimate of drug-likeness (QED) is 0.765. The van der Waals surface area contributed by atoms with Crippen molar-refractivity contribution < 1.29 is 0 Å². The Kier molecular flexibility index (Phi) is 2.07. The fourth-order valence-electron chi connectivity index (χ4n) is 1.50. The monoisotopic (exact) mass is 191 g/mol. The molecule has 0 atom stereocenters. The van der Waals surface area contributed by atoms with Crippen LogP contribution in [-0.4, -0.2) is 19.5 Å². The molecule has 5 nitrogen and oxygen atoms in total. The predicted octanol–water partition coefficient (Wildman–Crippen LogP) is 0.898. The van der Waals surface area contributed by atoms with Gasteiger partial charge in [-0.1, -0.05) is 13.3 Å². The van der Waals surface area contributed by atoms with Crippen LogP contribution in [0.5, 0.6) is 0 Å². The fourth-order valence-corrected chi connectivity index (χ4v) is 1.50. The van der Waals surface area contributed by atoms with Gasteiger partial charge in [0, 0.05) is 7.05 Å². The zero-order chi connectivity index (χ0) is 10.1. The smallest absolute Gasteiger partial charge is 0.222 e. The van der Waals surface area contributed by atoms with Gasteiger partial charge in [-0.05, 0) is 6.42 Å². The minimum Gasteiger partial charge on any atom is -0.368 e. The molecule has 5 heteroatoms. The highest BCUT2D eigenvalue weighted by Gasteiger charge is 2.09. The molecule has 14 heavy (non-hydrogen) atoms. The summed E-state index contributed by atoms with van der Waals surface area (Å²) in [5.74, 6) is 0.324. The summed E-state index contributed by atoms with van der Waals surface area (Å²) in [7, 11) is 1.90. The van der Waals surface area contributed by atoms with Crippen LogP contribution in [0.1, 0.15) is 19.0 Å². The van der Waals surface area contributed by atoms with E-state index < -0.39 is 0 Å². The zero-order valence-electron chi connectivity index (χ0n) is 8.36. The Morgan fingerprint density at radius 2 is 2.21 bits per heavy atom. The van der Waals surface area contributed by atoms with E-state index in [1.165, 1.54) is 0 Å². The van der Waals surface area contributed by atoms with Crippen molar-refractivity contribution in [1.82, 2.24) is 19.5 Å². The van der Waals surface area contributed by atoms with Gasteiger partial charge in [0.15, 0.2) is 5.65 Å². The number of aromatic nitrogens is 4. The van der Waals surface area contributed by atoms with Gasteiger partial charge in [-0.15, -0.1) is 0 Å². The summed E-state index contributed by atoms with van der Waals surface area (Å²) < 4.78 is 1.85. The molecule has 0 saturated carbocycles. The molecule has 2 rings (SSSR count). The van der Waals surface area contributed by atoms with Gasteiger partial charge >= 0.3 is 0 Å². The molecule has 0 radical (unpaired) electrons. The zero-order valence-corrected chi connectivity index (χ0v) is 8.36. The standard InChI is InChI=1S/C9H13N5/c1-3-4-6-7-8(13-9(10)12-6)14(2)5-11-7/h5H,3-4H2,1-2H3,(H2,10,12,13). The van der Waals surface area contributed by atoms with Crippen LogP contribution >= 0.6 is 0 Å².